The molecule has 0 aliphatic heterocycles. The highest BCUT2D eigenvalue weighted by Gasteiger charge is 2.02. The lowest BCUT2D eigenvalue weighted by molar-refractivity contribution is 0.305. The van der Waals surface area contributed by atoms with Crippen LogP contribution in [0.5, 0.6) is 5.75 Å². The van der Waals surface area contributed by atoms with Crippen LogP contribution in [0.25, 0.3) is 0 Å². The molecule has 0 bridgehead atoms. The fraction of sp³-hybridized carbons (Fsp3) is 0.0714. The van der Waals surface area contributed by atoms with Crippen molar-refractivity contribution in [2.24, 2.45) is 0 Å². The fourth-order valence-electron chi connectivity index (χ4n) is 1.52. The molecule has 0 aromatic heterocycles. The Bertz CT molecular complexity index is 605. The molecule has 2 N–H and O–H groups in total. The summed E-state index contributed by atoms with van der Waals surface area (Å²) in [6.45, 7) is 0.243. The molecule has 2 aromatic carbocycles. The normalized spacial score (nSPS) is 9.78. The minimum atomic E-state index is -0.300. The molecule has 0 saturated heterocycles. The molecule has 0 atom stereocenters. The summed E-state index contributed by atoms with van der Waals surface area (Å²) in [5.74, 6) is 0.233. The van der Waals surface area contributed by atoms with Gasteiger partial charge in [0.05, 0.1) is 5.56 Å². The van der Waals surface area contributed by atoms with E-state index in [-0.39, 0.29) is 12.4 Å². The van der Waals surface area contributed by atoms with Gasteiger partial charge in [0.1, 0.15) is 24.2 Å². The first-order chi connectivity index (χ1) is 8.69. The predicted octanol–water partition coefficient (Wildman–Crippen LogP) is 2.86. The third-order valence-electron chi connectivity index (χ3n) is 2.44. The number of ether oxygens (including phenoxy) is 1. The van der Waals surface area contributed by atoms with Gasteiger partial charge < -0.3 is 10.5 Å². The molecule has 90 valence electrons. The average Bonchev–Trinajstić information content (AvgIpc) is 2.38. The number of hydrogen-bond donors (Lipinski definition) is 1. The Morgan fingerprint density at radius 3 is 2.78 bits per heavy atom. The molecular formula is C14H11FN2O. The molecule has 3 nitrogen and oxygen atoms in total. The summed E-state index contributed by atoms with van der Waals surface area (Å²) in [5.41, 5.74) is 7.11. The van der Waals surface area contributed by atoms with E-state index in [1.807, 2.05) is 6.07 Å². The van der Waals surface area contributed by atoms with Crippen LogP contribution in [-0.2, 0) is 6.61 Å². The predicted molar refractivity (Wildman–Crippen MR) is 66.3 cm³/mol. The summed E-state index contributed by atoms with van der Waals surface area (Å²) >= 11 is 0. The minimum Gasteiger partial charge on any atom is -0.489 e. The first-order valence-electron chi connectivity index (χ1n) is 5.36. The highest BCUT2D eigenvalue weighted by atomic mass is 19.1. The number of hydrogen-bond acceptors (Lipinski definition) is 3. The van der Waals surface area contributed by atoms with E-state index in [1.54, 1.807) is 30.3 Å². The summed E-state index contributed by atoms with van der Waals surface area (Å²) < 4.78 is 18.4. The number of nitriles is 1. The second-order valence-corrected chi connectivity index (χ2v) is 3.78. The van der Waals surface area contributed by atoms with Gasteiger partial charge in [-0.05, 0) is 35.9 Å². The molecular weight excluding hydrogens is 231 g/mol. The molecule has 0 amide bonds. The Morgan fingerprint density at radius 2 is 2.06 bits per heavy atom. The summed E-state index contributed by atoms with van der Waals surface area (Å²) in [5, 5.41) is 8.83. The van der Waals surface area contributed by atoms with E-state index in [1.165, 1.54) is 12.1 Å². The van der Waals surface area contributed by atoms with Gasteiger partial charge in [-0.25, -0.2) is 4.39 Å². The van der Waals surface area contributed by atoms with Gasteiger partial charge in [0.2, 0.25) is 0 Å². The van der Waals surface area contributed by atoms with Crippen molar-refractivity contribution in [1.82, 2.24) is 0 Å². The van der Waals surface area contributed by atoms with E-state index >= 15 is 0 Å². The van der Waals surface area contributed by atoms with Crippen LogP contribution in [0.3, 0.4) is 0 Å². The van der Waals surface area contributed by atoms with E-state index in [0.29, 0.717) is 17.0 Å². The van der Waals surface area contributed by atoms with Gasteiger partial charge in [-0.3, -0.25) is 0 Å². The maximum absolute atomic E-state index is 12.9. The van der Waals surface area contributed by atoms with Crippen molar-refractivity contribution in [2.45, 2.75) is 6.61 Å². The van der Waals surface area contributed by atoms with Crippen molar-refractivity contribution in [1.29, 1.82) is 5.26 Å². The Balaban J connectivity index is 2.09. The fourth-order valence-corrected chi connectivity index (χ4v) is 1.52. The van der Waals surface area contributed by atoms with E-state index in [9.17, 15) is 4.39 Å². The van der Waals surface area contributed by atoms with Crippen molar-refractivity contribution >= 4 is 5.69 Å². The Labute approximate surface area is 104 Å². The number of nitrogen functional groups attached to an aromatic ring is 1. The Morgan fingerprint density at radius 1 is 1.22 bits per heavy atom. The number of halogens is 1. The number of benzene rings is 2. The molecule has 4 heteroatoms. The Hall–Kier alpha value is -2.54. The lowest BCUT2D eigenvalue weighted by atomic mass is 10.2. The van der Waals surface area contributed by atoms with E-state index in [4.69, 9.17) is 15.7 Å². The third-order valence-corrected chi connectivity index (χ3v) is 2.44. The van der Waals surface area contributed by atoms with Crippen LogP contribution in [0.2, 0.25) is 0 Å². The largest absolute Gasteiger partial charge is 0.489 e. The van der Waals surface area contributed by atoms with Crippen LogP contribution in [0.4, 0.5) is 10.1 Å². The highest BCUT2D eigenvalue weighted by Crippen LogP contribution is 2.20. The molecule has 2 aromatic rings. The van der Waals surface area contributed by atoms with Crippen LogP contribution in [0.1, 0.15) is 11.1 Å². The molecule has 0 spiro atoms. The maximum Gasteiger partial charge on any atom is 0.123 e. The smallest absolute Gasteiger partial charge is 0.123 e. The zero-order valence-electron chi connectivity index (χ0n) is 9.56. The van der Waals surface area contributed by atoms with Crippen LogP contribution in [0, 0.1) is 17.1 Å². The van der Waals surface area contributed by atoms with E-state index < -0.39 is 0 Å². The van der Waals surface area contributed by atoms with E-state index in [2.05, 4.69) is 0 Å². The molecule has 0 radical (unpaired) electrons. The van der Waals surface area contributed by atoms with Gasteiger partial charge in [0.15, 0.2) is 0 Å². The Kier molecular flexibility index (Phi) is 3.44. The minimum absolute atomic E-state index is 0.243. The summed E-state index contributed by atoms with van der Waals surface area (Å²) in [4.78, 5) is 0. The summed E-state index contributed by atoms with van der Waals surface area (Å²) in [6, 6.07) is 13.0. The van der Waals surface area contributed by atoms with Gasteiger partial charge in [-0.1, -0.05) is 12.1 Å². The van der Waals surface area contributed by atoms with Crippen LogP contribution < -0.4 is 10.5 Å². The maximum atomic E-state index is 12.9. The van der Waals surface area contributed by atoms with Crippen molar-refractivity contribution < 1.29 is 9.13 Å². The lowest BCUT2D eigenvalue weighted by Crippen LogP contribution is -1.97. The number of nitrogens with two attached hydrogens (primary N) is 1. The molecule has 0 aliphatic carbocycles. The van der Waals surface area contributed by atoms with Crippen molar-refractivity contribution in [3.05, 3.63) is 59.4 Å². The highest BCUT2D eigenvalue weighted by molar-refractivity contribution is 5.56. The zero-order chi connectivity index (χ0) is 13.0. The average molecular weight is 242 g/mol. The molecule has 0 saturated carbocycles. The number of anilines is 1. The first kappa shape index (κ1) is 11.9. The molecule has 0 aliphatic rings. The number of rotatable bonds is 3. The van der Waals surface area contributed by atoms with Gasteiger partial charge in [0, 0.05) is 5.69 Å². The molecule has 0 unspecified atom stereocenters. The van der Waals surface area contributed by atoms with Crippen molar-refractivity contribution in [3.8, 4) is 11.8 Å². The molecule has 18 heavy (non-hydrogen) atoms. The monoisotopic (exact) mass is 242 g/mol. The van der Waals surface area contributed by atoms with E-state index in [0.717, 1.165) is 5.56 Å². The third kappa shape index (κ3) is 2.77. The van der Waals surface area contributed by atoms with Crippen molar-refractivity contribution in [2.75, 3.05) is 5.73 Å². The van der Waals surface area contributed by atoms with Crippen LogP contribution in [0.15, 0.2) is 42.5 Å². The second kappa shape index (κ2) is 5.19. The standard InChI is InChI=1S/C14H11FN2O/c15-12-3-1-2-10(6-12)9-18-13-4-5-14(17)11(7-13)8-16/h1-7H,9,17H2. The quantitative estimate of drug-likeness (QED) is 0.842. The molecule has 0 fully saturated rings. The van der Waals surface area contributed by atoms with Gasteiger partial charge in [-0.2, -0.15) is 5.26 Å². The van der Waals surface area contributed by atoms with Gasteiger partial charge in [-0.15, -0.1) is 0 Å². The van der Waals surface area contributed by atoms with Crippen LogP contribution in [-0.4, -0.2) is 0 Å². The zero-order valence-corrected chi connectivity index (χ0v) is 9.56. The van der Waals surface area contributed by atoms with Crippen LogP contribution >= 0.6 is 0 Å². The SMILES string of the molecule is N#Cc1cc(OCc2cccc(F)c2)ccc1N. The topological polar surface area (TPSA) is 59.0 Å². The summed E-state index contributed by atoms with van der Waals surface area (Å²) in [7, 11) is 0. The first-order valence-corrected chi connectivity index (χ1v) is 5.36. The lowest BCUT2D eigenvalue weighted by Gasteiger charge is -2.07. The van der Waals surface area contributed by atoms with Crippen molar-refractivity contribution in [3.63, 3.8) is 0 Å². The van der Waals surface area contributed by atoms with Gasteiger partial charge >= 0.3 is 0 Å². The molecule has 0 heterocycles. The second-order valence-electron chi connectivity index (χ2n) is 3.78. The van der Waals surface area contributed by atoms with Gasteiger partial charge in [0.25, 0.3) is 0 Å². The number of nitrogens with zero attached hydrogens (tertiary/aromatic N) is 1. The molecule has 2 rings (SSSR count). The summed E-state index contributed by atoms with van der Waals surface area (Å²) in [6.07, 6.45) is 0.